The van der Waals surface area contributed by atoms with Gasteiger partial charge in [0.25, 0.3) is 11.8 Å². The lowest BCUT2D eigenvalue weighted by atomic mass is 10.1. The van der Waals surface area contributed by atoms with Crippen molar-refractivity contribution >= 4 is 17.5 Å². The van der Waals surface area contributed by atoms with Gasteiger partial charge in [0.05, 0.1) is 11.1 Å². The zero-order valence-corrected chi connectivity index (χ0v) is 16.2. The molecule has 0 aliphatic carbocycles. The summed E-state index contributed by atoms with van der Waals surface area (Å²) in [6, 6.07) is 15.2. The average Bonchev–Trinajstić information content (AvgIpc) is 2.69. The van der Waals surface area contributed by atoms with Crippen LogP contribution in [-0.2, 0) is 6.54 Å². The van der Waals surface area contributed by atoms with Gasteiger partial charge in [0, 0.05) is 24.6 Å². The molecule has 5 heteroatoms. The van der Waals surface area contributed by atoms with Crippen LogP contribution in [-0.4, -0.2) is 16.8 Å². The van der Waals surface area contributed by atoms with Crippen LogP contribution in [0.4, 0.5) is 5.69 Å². The van der Waals surface area contributed by atoms with E-state index in [0.717, 1.165) is 27.9 Å². The van der Waals surface area contributed by atoms with Gasteiger partial charge in [-0.15, -0.1) is 0 Å². The molecule has 1 aromatic heterocycles. The number of aromatic nitrogens is 1. The first-order valence-electron chi connectivity index (χ1n) is 9.10. The smallest absolute Gasteiger partial charge is 0.257 e. The van der Waals surface area contributed by atoms with Crippen LogP contribution < -0.4 is 10.6 Å². The Morgan fingerprint density at radius 2 is 1.57 bits per heavy atom. The molecule has 0 fully saturated rings. The molecule has 142 valence electrons. The molecule has 3 aromatic rings. The zero-order chi connectivity index (χ0) is 20.1. The number of carbonyl (C=O) groups excluding carboxylic acids is 2. The van der Waals surface area contributed by atoms with Crippen molar-refractivity contribution in [1.82, 2.24) is 10.3 Å². The normalized spacial score (nSPS) is 10.4. The summed E-state index contributed by atoms with van der Waals surface area (Å²) >= 11 is 0. The number of nitrogens with zero attached hydrogens (tertiary/aromatic N) is 1. The summed E-state index contributed by atoms with van der Waals surface area (Å²) in [5.41, 5.74) is 5.70. The minimum absolute atomic E-state index is 0.267. The van der Waals surface area contributed by atoms with Crippen molar-refractivity contribution < 1.29 is 9.59 Å². The molecule has 0 unspecified atom stereocenters. The third-order valence-electron chi connectivity index (χ3n) is 4.59. The van der Waals surface area contributed by atoms with Crippen molar-refractivity contribution in [3.05, 3.63) is 94.3 Å². The Morgan fingerprint density at radius 1 is 0.857 bits per heavy atom. The molecule has 0 aliphatic rings. The molecule has 2 N–H and O–H groups in total. The Kier molecular flexibility index (Phi) is 5.84. The summed E-state index contributed by atoms with van der Waals surface area (Å²) in [4.78, 5) is 29.1. The van der Waals surface area contributed by atoms with Crippen molar-refractivity contribution in [3.63, 3.8) is 0 Å². The van der Waals surface area contributed by atoms with Gasteiger partial charge in [0.15, 0.2) is 0 Å². The first-order chi connectivity index (χ1) is 13.4. The maximum atomic E-state index is 12.6. The van der Waals surface area contributed by atoms with Crippen LogP contribution in [0.5, 0.6) is 0 Å². The predicted molar refractivity (Wildman–Crippen MR) is 110 cm³/mol. The minimum atomic E-state index is -0.298. The second-order valence-corrected chi connectivity index (χ2v) is 6.84. The molecule has 0 radical (unpaired) electrons. The Morgan fingerprint density at radius 3 is 2.29 bits per heavy atom. The van der Waals surface area contributed by atoms with Crippen LogP contribution in [0.15, 0.2) is 60.9 Å². The van der Waals surface area contributed by atoms with Crippen LogP contribution >= 0.6 is 0 Å². The number of hydrogen-bond donors (Lipinski definition) is 2. The van der Waals surface area contributed by atoms with Gasteiger partial charge >= 0.3 is 0 Å². The lowest BCUT2D eigenvalue weighted by Crippen LogP contribution is -2.24. The fourth-order valence-corrected chi connectivity index (χ4v) is 2.92. The Balaban J connectivity index is 1.69. The molecule has 0 spiro atoms. The lowest BCUT2D eigenvalue weighted by molar-refractivity contribution is 0.0950. The van der Waals surface area contributed by atoms with Gasteiger partial charge in [-0.1, -0.05) is 42.0 Å². The number of hydrogen-bond acceptors (Lipinski definition) is 3. The summed E-state index contributed by atoms with van der Waals surface area (Å²) in [6.07, 6.45) is 2.91. The van der Waals surface area contributed by atoms with E-state index in [-0.39, 0.29) is 11.8 Å². The summed E-state index contributed by atoms with van der Waals surface area (Å²) in [5, 5.41) is 5.75. The molecule has 0 aliphatic heterocycles. The standard InChI is InChI=1S/C23H23N3O2/c1-15-8-9-21(17(3)10-15)26-23(28)20-11-19(12-24-13-20)22(27)25-14-18-7-5-4-6-16(18)2/h4-13H,14H2,1-3H3,(H,25,27)(H,26,28). The highest BCUT2D eigenvalue weighted by molar-refractivity contribution is 6.06. The van der Waals surface area contributed by atoms with Crippen molar-refractivity contribution in [2.24, 2.45) is 0 Å². The van der Waals surface area contributed by atoms with Gasteiger partial charge in [-0.2, -0.15) is 0 Å². The maximum absolute atomic E-state index is 12.6. The van der Waals surface area contributed by atoms with E-state index < -0.39 is 0 Å². The molecule has 5 nitrogen and oxygen atoms in total. The second kappa shape index (κ2) is 8.48. The highest BCUT2D eigenvalue weighted by atomic mass is 16.2. The monoisotopic (exact) mass is 373 g/mol. The lowest BCUT2D eigenvalue weighted by Gasteiger charge is -2.10. The topological polar surface area (TPSA) is 71.1 Å². The molecule has 0 saturated carbocycles. The largest absolute Gasteiger partial charge is 0.348 e. The van der Waals surface area contributed by atoms with Crippen LogP contribution in [0.3, 0.4) is 0 Å². The summed E-state index contributed by atoms with van der Waals surface area (Å²) in [6.45, 7) is 6.36. The van der Waals surface area contributed by atoms with Crippen LogP contribution in [0.1, 0.15) is 43.0 Å². The van der Waals surface area contributed by atoms with E-state index >= 15 is 0 Å². The van der Waals surface area contributed by atoms with Gasteiger partial charge in [0.1, 0.15) is 0 Å². The van der Waals surface area contributed by atoms with E-state index in [1.807, 2.05) is 63.2 Å². The molecule has 2 aromatic carbocycles. The van der Waals surface area contributed by atoms with E-state index in [1.165, 1.54) is 12.4 Å². The Labute approximate surface area is 164 Å². The molecule has 0 atom stereocenters. The molecule has 1 heterocycles. The number of amides is 2. The van der Waals surface area contributed by atoms with Gasteiger partial charge < -0.3 is 10.6 Å². The fourth-order valence-electron chi connectivity index (χ4n) is 2.92. The molecule has 3 rings (SSSR count). The van der Waals surface area contributed by atoms with E-state index in [1.54, 1.807) is 6.07 Å². The summed E-state index contributed by atoms with van der Waals surface area (Å²) in [5.74, 6) is -0.565. The van der Waals surface area contributed by atoms with Gasteiger partial charge in [-0.3, -0.25) is 14.6 Å². The summed E-state index contributed by atoms with van der Waals surface area (Å²) in [7, 11) is 0. The quantitative estimate of drug-likeness (QED) is 0.704. The van der Waals surface area contributed by atoms with Crippen LogP contribution in [0, 0.1) is 20.8 Å². The zero-order valence-electron chi connectivity index (χ0n) is 16.2. The van der Waals surface area contributed by atoms with Gasteiger partial charge in [-0.05, 0) is 49.6 Å². The number of anilines is 1. The number of benzene rings is 2. The van der Waals surface area contributed by atoms with Crippen LogP contribution in [0.2, 0.25) is 0 Å². The number of aryl methyl sites for hydroxylation is 3. The summed E-state index contributed by atoms with van der Waals surface area (Å²) < 4.78 is 0. The first-order valence-corrected chi connectivity index (χ1v) is 9.10. The second-order valence-electron chi connectivity index (χ2n) is 6.84. The number of carbonyl (C=O) groups is 2. The highest BCUT2D eigenvalue weighted by Crippen LogP contribution is 2.17. The Hall–Kier alpha value is -3.47. The van der Waals surface area contributed by atoms with E-state index in [0.29, 0.717) is 17.7 Å². The molecule has 28 heavy (non-hydrogen) atoms. The predicted octanol–water partition coefficient (Wildman–Crippen LogP) is 4.19. The highest BCUT2D eigenvalue weighted by Gasteiger charge is 2.13. The SMILES string of the molecule is Cc1ccc(NC(=O)c2cncc(C(=O)NCc3ccccc3C)c2)c(C)c1. The van der Waals surface area contributed by atoms with E-state index in [9.17, 15) is 9.59 Å². The number of nitrogens with one attached hydrogen (secondary N) is 2. The molecule has 0 saturated heterocycles. The van der Waals surface area contributed by atoms with Crippen molar-refractivity contribution in [2.75, 3.05) is 5.32 Å². The number of rotatable bonds is 5. The van der Waals surface area contributed by atoms with E-state index in [4.69, 9.17) is 0 Å². The fraction of sp³-hybridized carbons (Fsp3) is 0.174. The maximum Gasteiger partial charge on any atom is 0.257 e. The molecule has 2 amide bonds. The van der Waals surface area contributed by atoms with Gasteiger partial charge in [-0.25, -0.2) is 0 Å². The van der Waals surface area contributed by atoms with Crippen molar-refractivity contribution in [2.45, 2.75) is 27.3 Å². The third-order valence-corrected chi connectivity index (χ3v) is 4.59. The molecular weight excluding hydrogens is 350 g/mol. The third kappa shape index (κ3) is 4.62. The minimum Gasteiger partial charge on any atom is -0.348 e. The van der Waals surface area contributed by atoms with E-state index in [2.05, 4.69) is 15.6 Å². The van der Waals surface area contributed by atoms with Crippen molar-refractivity contribution in [3.8, 4) is 0 Å². The van der Waals surface area contributed by atoms with Crippen LogP contribution in [0.25, 0.3) is 0 Å². The van der Waals surface area contributed by atoms with Gasteiger partial charge in [0.2, 0.25) is 0 Å². The average molecular weight is 373 g/mol. The number of pyridine rings is 1. The Bertz CT molecular complexity index is 1030. The first kappa shape index (κ1) is 19.3. The van der Waals surface area contributed by atoms with Crippen molar-refractivity contribution in [1.29, 1.82) is 0 Å². The molecular formula is C23H23N3O2. The molecule has 0 bridgehead atoms.